The molecule has 0 saturated heterocycles. The standard InChI is InChI=1S/C22H24O5/c1-4-26-22(25)21(15(2)23)14-20(11-12-27-16(3)24)19-10-9-17-7-5-6-8-18(17)13-19/h5-11,13,21H,4,12,14H2,1-3H3/b20-11+. The molecular weight excluding hydrogens is 344 g/mol. The largest absolute Gasteiger partial charge is 0.465 e. The highest BCUT2D eigenvalue weighted by Crippen LogP contribution is 2.27. The Balaban J connectivity index is 2.38. The van der Waals surface area contributed by atoms with E-state index in [0.29, 0.717) is 0 Å². The van der Waals surface area contributed by atoms with Crippen LogP contribution in [0.5, 0.6) is 0 Å². The van der Waals surface area contributed by atoms with Crippen molar-refractivity contribution < 1.29 is 23.9 Å². The van der Waals surface area contributed by atoms with Crippen LogP contribution >= 0.6 is 0 Å². The van der Waals surface area contributed by atoms with Crippen molar-refractivity contribution in [3.63, 3.8) is 0 Å². The van der Waals surface area contributed by atoms with Crippen LogP contribution in [0, 0.1) is 5.92 Å². The van der Waals surface area contributed by atoms with Crippen molar-refractivity contribution in [2.45, 2.75) is 27.2 Å². The fourth-order valence-electron chi connectivity index (χ4n) is 2.82. The second-order valence-electron chi connectivity index (χ2n) is 6.21. The summed E-state index contributed by atoms with van der Waals surface area (Å²) in [4.78, 5) is 35.3. The summed E-state index contributed by atoms with van der Waals surface area (Å²) in [7, 11) is 0. The third-order valence-corrected chi connectivity index (χ3v) is 4.22. The summed E-state index contributed by atoms with van der Waals surface area (Å²) in [6.45, 7) is 4.71. The predicted octanol–water partition coefficient (Wildman–Crippen LogP) is 3.94. The molecule has 0 saturated carbocycles. The average molecular weight is 368 g/mol. The van der Waals surface area contributed by atoms with Crippen molar-refractivity contribution in [3.8, 4) is 0 Å². The van der Waals surface area contributed by atoms with E-state index in [4.69, 9.17) is 9.47 Å². The molecule has 0 spiro atoms. The summed E-state index contributed by atoms with van der Waals surface area (Å²) in [6, 6.07) is 13.8. The van der Waals surface area contributed by atoms with Gasteiger partial charge in [-0.25, -0.2) is 0 Å². The van der Waals surface area contributed by atoms with Crippen LogP contribution in [0.25, 0.3) is 16.3 Å². The highest BCUT2D eigenvalue weighted by atomic mass is 16.5. The second-order valence-corrected chi connectivity index (χ2v) is 6.21. The van der Waals surface area contributed by atoms with Crippen LogP contribution in [-0.2, 0) is 23.9 Å². The molecule has 5 nitrogen and oxygen atoms in total. The molecule has 0 fully saturated rings. The smallest absolute Gasteiger partial charge is 0.316 e. The Morgan fingerprint density at radius 2 is 1.70 bits per heavy atom. The maximum atomic E-state index is 12.2. The minimum Gasteiger partial charge on any atom is -0.465 e. The molecule has 0 bridgehead atoms. The quantitative estimate of drug-likeness (QED) is 0.521. The monoisotopic (exact) mass is 368 g/mol. The molecule has 2 aromatic carbocycles. The van der Waals surface area contributed by atoms with Crippen molar-refractivity contribution >= 4 is 34.1 Å². The number of allylic oxidation sites excluding steroid dienone is 1. The topological polar surface area (TPSA) is 69.7 Å². The Labute approximate surface area is 159 Å². The molecule has 5 heteroatoms. The predicted molar refractivity (Wildman–Crippen MR) is 104 cm³/mol. The Kier molecular flexibility index (Phi) is 7.29. The average Bonchev–Trinajstić information content (AvgIpc) is 2.63. The highest BCUT2D eigenvalue weighted by molar-refractivity contribution is 5.99. The van der Waals surface area contributed by atoms with Gasteiger partial charge in [-0.2, -0.15) is 0 Å². The molecule has 0 aliphatic carbocycles. The van der Waals surface area contributed by atoms with Gasteiger partial charge in [0.15, 0.2) is 0 Å². The third kappa shape index (κ3) is 5.78. The molecule has 2 rings (SSSR count). The number of fused-ring (bicyclic) bond motifs is 1. The number of hydrogen-bond donors (Lipinski definition) is 0. The number of benzene rings is 2. The van der Waals surface area contributed by atoms with Crippen molar-refractivity contribution in [1.29, 1.82) is 0 Å². The zero-order valence-electron chi connectivity index (χ0n) is 15.9. The number of ether oxygens (including phenoxy) is 2. The fraction of sp³-hybridized carbons (Fsp3) is 0.318. The summed E-state index contributed by atoms with van der Waals surface area (Å²) in [6.07, 6.45) is 1.93. The lowest BCUT2D eigenvalue weighted by Crippen LogP contribution is -2.24. The van der Waals surface area contributed by atoms with Crippen LogP contribution in [0.3, 0.4) is 0 Å². The molecule has 142 valence electrons. The Bertz CT molecular complexity index is 866. The molecule has 2 aromatic rings. The number of rotatable bonds is 8. The van der Waals surface area contributed by atoms with Crippen molar-refractivity contribution in [2.24, 2.45) is 5.92 Å². The van der Waals surface area contributed by atoms with Gasteiger partial charge in [-0.1, -0.05) is 36.4 Å². The zero-order valence-corrected chi connectivity index (χ0v) is 15.9. The number of carbonyl (C=O) groups excluding carboxylic acids is 3. The van der Waals surface area contributed by atoms with Gasteiger partial charge in [0.05, 0.1) is 6.61 Å². The molecule has 0 aromatic heterocycles. The molecule has 1 atom stereocenters. The van der Waals surface area contributed by atoms with E-state index in [9.17, 15) is 14.4 Å². The normalized spacial score (nSPS) is 12.5. The van der Waals surface area contributed by atoms with E-state index in [-0.39, 0.29) is 25.4 Å². The van der Waals surface area contributed by atoms with Gasteiger partial charge < -0.3 is 9.47 Å². The highest BCUT2D eigenvalue weighted by Gasteiger charge is 2.26. The van der Waals surface area contributed by atoms with Crippen LogP contribution in [0.4, 0.5) is 0 Å². The fourth-order valence-corrected chi connectivity index (χ4v) is 2.82. The minimum atomic E-state index is -0.889. The summed E-state index contributed by atoms with van der Waals surface area (Å²) in [5.74, 6) is -2.07. The van der Waals surface area contributed by atoms with Gasteiger partial charge in [0.2, 0.25) is 0 Å². The number of Topliss-reactive ketones (excluding diaryl/α,β-unsaturated/α-hetero) is 1. The van der Waals surface area contributed by atoms with Gasteiger partial charge >= 0.3 is 11.9 Å². The van der Waals surface area contributed by atoms with Gasteiger partial charge in [-0.05, 0) is 54.3 Å². The van der Waals surface area contributed by atoms with Crippen molar-refractivity contribution in [3.05, 3.63) is 54.1 Å². The molecule has 0 N–H and O–H groups in total. The van der Waals surface area contributed by atoms with E-state index in [2.05, 4.69) is 0 Å². The molecule has 0 aliphatic rings. The first-order chi connectivity index (χ1) is 12.9. The summed E-state index contributed by atoms with van der Waals surface area (Å²) in [5.41, 5.74) is 1.63. The Morgan fingerprint density at radius 1 is 1.00 bits per heavy atom. The first-order valence-electron chi connectivity index (χ1n) is 8.91. The zero-order chi connectivity index (χ0) is 19.8. The number of ketones is 1. The van der Waals surface area contributed by atoms with Gasteiger partial charge in [0.25, 0.3) is 0 Å². The molecular formula is C22H24O5. The SMILES string of the molecule is CCOC(=O)C(C/C(=C\COC(C)=O)c1ccc2ccccc2c1)C(C)=O. The van der Waals surface area contributed by atoms with E-state index < -0.39 is 17.9 Å². The van der Waals surface area contributed by atoms with Crippen LogP contribution < -0.4 is 0 Å². The van der Waals surface area contributed by atoms with E-state index in [1.165, 1.54) is 13.8 Å². The third-order valence-electron chi connectivity index (χ3n) is 4.22. The lowest BCUT2D eigenvalue weighted by Gasteiger charge is -2.16. The number of hydrogen-bond acceptors (Lipinski definition) is 5. The maximum absolute atomic E-state index is 12.2. The number of carbonyl (C=O) groups is 3. The van der Waals surface area contributed by atoms with Gasteiger partial charge in [0.1, 0.15) is 18.3 Å². The van der Waals surface area contributed by atoms with Crippen molar-refractivity contribution in [1.82, 2.24) is 0 Å². The van der Waals surface area contributed by atoms with Gasteiger partial charge in [-0.15, -0.1) is 0 Å². The van der Waals surface area contributed by atoms with E-state index in [0.717, 1.165) is 21.9 Å². The molecule has 27 heavy (non-hydrogen) atoms. The van der Waals surface area contributed by atoms with Crippen molar-refractivity contribution in [2.75, 3.05) is 13.2 Å². The van der Waals surface area contributed by atoms with Crippen LogP contribution in [0.1, 0.15) is 32.8 Å². The summed E-state index contributed by atoms with van der Waals surface area (Å²) >= 11 is 0. The van der Waals surface area contributed by atoms with E-state index >= 15 is 0 Å². The molecule has 0 aliphatic heterocycles. The van der Waals surface area contributed by atoms with E-state index in [1.807, 2.05) is 42.5 Å². The first-order valence-corrected chi connectivity index (χ1v) is 8.91. The molecule has 1 unspecified atom stereocenters. The Hall–Kier alpha value is -2.95. The lowest BCUT2D eigenvalue weighted by atomic mass is 9.90. The van der Waals surface area contributed by atoms with E-state index in [1.54, 1.807) is 13.0 Å². The minimum absolute atomic E-state index is 0.0743. The van der Waals surface area contributed by atoms with Crippen LogP contribution in [0.15, 0.2) is 48.5 Å². The molecule has 0 radical (unpaired) electrons. The molecule has 0 heterocycles. The van der Waals surface area contributed by atoms with Gasteiger partial charge in [0, 0.05) is 6.92 Å². The summed E-state index contributed by atoms with van der Waals surface area (Å²) < 4.78 is 10.1. The Morgan fingerprint density at radius 3 is 2.33 bits per heavy atom. The summed E-state index contributed by atoms with van der Waals surface area (Å²) in [5, 5.41) is 2.14. The first kappa shape index (κ1) is 20.4. The number of esters is 2. The van der Waals surface area contributed by atoms with Crippen LogP contribution in [0.2, 0.25) is 0 Å². The maximum Gasteiger partial charge on any atom is 0.316 e. The van der Waals surface area contributed by atoms with Gasteiger partial charge in [-0.3, -0.25) is 14.4 Å². The van der Waals surface area contributed by atoms with Crippen LogP contribution in [-0.4, -0.2) is 30.9 Å². The molecule has 0 amide bonds. The second kappa shape index (κ2) is 9.67. The lowest BCUT2D eigenvalue weighted by molar-refractivity contribution is -0.151.